The van der Waals surface area contributed by atoms with Gasteiger partial charge in [0.1, 0.15) is 11.6 Å². The summed E-state index contributed by atoms with van der Waals surface area (Å²) in [6.07, 6.45) is 10.1. The summed E-state index contributed by atoms with van der Waals surface area (Å²) in [5, 5.41) is 6.12. The zero-order valence-electron chi connectivity index (χ0n) is 53.6. The average molecular weight is 1340 g/mol. The van der Waals surface area contributed by atoms with Gasteiger partial charge in [-0.15, -0.1) is 17.3 Å². The summed E-state index contributed by atoms with van der Waals surface area (Å²) in [7, 11) is 3.32. The Hall–Kier alpha value is -7.44. The number of rotatable bonds is 35. The lowest BCUT2D eigenvalue weighted by Gasteiger charge is -2.38. The average Bonchev–Trinajstić information content (AvgIpc) is 1.63. The standard InChI is InChI=1S/C67H83Cl2N11O12S/c1-7-10-25-79-61-62(75(6)67(85)80(64(61)84)45-58-70-46(4)50(14-8-2)54(9-3)72-58)73-66(79)76-24-13-15-48(44-76)71-59(81)22-29-86-31-33-88-35-37-90-39-40-91-38-36-89-34-32-87-30-28-74(5)60(82)21-18-47-42-53(69)57(43-52(47)68)92-65-51(23-41-93-65)63(83)78-27-26-77(49-19-20-49)55-16-11-12-17-56(55)78/h8-9,11-12,14,16-17,23,41-43,48-49H,3,13,15,18-22,24-40,44-45H2,1-2,4-6H3,(H,71,81)/b14-8-/t48-/m0/s1. The van der Waals surface area contributed by atoms with Crippen molar-refractivity contribution in [2.75, 3.05) is 134 Å². The van der Waals surface area contributed by atoms with Crippen LogP contribution in [-0.2, 0) is 64.6 Å². The van der Waals surface area contributed by atoms with Crippen LogP contribution < -0.4 is 36.0 Å². The molecule has 3 amide bonds. The normalized spacial score (nSPS) is 14.8. The number of aryl methyl sites for hydroxylation is 3. The molecule has 6 aromatic rings. The maximum Gasteiger partial charge on any atom is 0.332 e. The molecule has 1 saturated carbocycles. The fourth-order valence-electron chi connectivity index (χ4n) is 11.1. The Balaban J connectivity index is 0.575. The summed E-state index contributed by atoms with van der Waals surface area (Å²) < 4.78 is 44.3. The van der Waals surface area contributed by atoms with E-state index in [1.807, 2.05) is 59.4 Å². The Morgan fingerprint density at radius 2 is 1.51 bits per heavy atom. The van der Waals surface area contributed by atoms with Crippen LogP contribution in [0, 0.1) is 18.8 Å². The first-order valence-corrected chi connectivity index (χ1v) is 33.2. The molecule has 9 rings (SSSR count). The first kappa shape index (κ1) is 69.9. The molecule has 6 heterocycles. The van der Waals surface area contributed by atoms with E-state index in [2.05, 4.69) is 44.7 Å². The van der Waals surface area contributed by atoms with Gasteiger partial charge in [0.25, 0.3) is 11.5 Å². The number of benzene rings is 2. The molecule has 1 atom stereocenters. The van der Waals surface area contributed by atoms with Crippen molar-refractivity contribution in [1.82, 2.24) is 38.9 Å². The van der Waals surface area contributed by atoms with Gasteiger partial charge in [-0.2, -0.15) is 4.98 Å². The molecule has 3 aliphatic rings. The molecular weight excluding hydrogens is 1250 g/mol. The van der Waals surface area contributed by atoms with Gasteiger partial charge >= 0.3 is 5.69 Å². The third-order valence-corrected chi connectivity index (χ3v) is 17.6. The highest BCUT2D eigenvalue weighted by Crippen LogP contribution is 2.43. The number of aromatic nitrogens is 6. The number of nitrogens with zero attached hydrogens (tertiary/aromatic N) is 10. The highest BCUT2D eigenvalue weighted by molar-refractivity contribution is 7.12. The summed E-state index contributed by atoms with van der Waals surface area (Å²) in [6, 6.07) is 13.5. The quantitative estimate of drug-likeness (QED) is 0.0292. The Bertz CT molecular complexity index is 3800. The van der Waals surface area contributed by atoms with E-state index in [-0.39, 0.29) is 67.5 Å². The van der Waals surface area contributed by atoms with Crippen molar-refractivity contribution in [2.24, 2.45) is 7.05 Å². The number of thiophene rings is 1. The fourth-order valence-corrected chi connectivity index (χ4v) is 12.4. The molecule has 93 heavy (non-hydrogen) atoms. The molecule has 26 heteroatoms. The number of piperidine rings is 1. The molecule has 2 fully saturated rings. The van der Waals surface area contributed by atoms with Crippen LogP contribution in [0.5, 0.6) is 10.8 Å². The number of nitrogens with one attached hydrogen (secondary N) is 1. The summed E-state index contributed by atoms with van der Waals surface area (Å²) in [6.45, 7) is 16.6. The molecule has 23 nitrogen and oxygen atoms in total. The molecule has 0 unspecified atom stereocenters. The lowest BCUT2D eigenvalue weighted by atomic mass is 10.1. The van der Waals surface area contributed by atoms with E-state index in [1.54, 1.807) is 54.8 Å². The first-order valence-electron chi connectivity index (χ1n) is 31.6. The third kappa shape index (κ3) is 18.5. The summed E-state index contributed by atoms with van der Waals surface area (Å²) in [4.78, 5) is 90.0. The van der Waals surface area contributed by atoms with Crippen LogP contribution in [0.3, 0.4) is 0 Å². The van der Waals surface area contributed by atoms with Gasteiger partial charge in [-0.3, -0.25) is 32.9 Å². The molecule has 4 aromatic heterocycles. The predicted octanol–water partition coefficient (Wildman–Crippen LogP) is 8.20. The van der Waals surface area contributed by atoms with E-state index in [1.165, 1.54) is 28.7 Å². The molecule has 498 valence electrons. The van der Waals surface area contributed by atoms with Crippen LogP contribution in [0.2, 0.25) is 10.0 Å². The Kier molecular flexibility index (Phi) is 26.0. The van der Waals surface area contributed by atoms with Crippen LogP contribution in [-0.4, -0.2) is 182 Å². The minimum absolute atomic E-state index is 0.0657. The van der Waals surface area contributed by atoms with Crippen LogP contribution in [0.1, 0.15) is 91.1 Å². The molecular formula is C67H83Cl2N11O12S. The van der Waals surface area contributed by atoms with E-state index in [4.69, 9.17) is 61.3 Å². The Labute approximate surface area is 556 Å². The van der Waals surface area contributed by atoms with Crippen molar-refractivity contribution >= 4 is 92.9 Å². The number of carbonyl (C=O) groups is 3. The molecule has 1 N–H and O–H groups in total. The van der Waals surface area contributed by atoms with Crippen molar-refractivity contribution in [1.29, 1.82) is 0 Å². The van der Waals surface area contributed by atoms with Crippen molar-refractivity contribution in [2.45, 2.75) is 90.9 Å². The first-order chi connectivity index (χ1) is 45.2. The number of halogens is 2. The second-order valence-corrected chi connectivity index (χ2v) is 24.3. The number of fused-ring (bicyclic) bond motifs is 2. The number of likely N-dealkylation sites (N-methyl/N-ethyl adjacent to an activating group) is 1. The number of allylic oxidation sites excluding steroid dienone is 1. The van der Waals surface area contributed by atoms with Crippen molar-refractivity contribution in [3.05, 3.63) is 125 Å². The topological polar surface area (TPSA) is 228 Å². The molecule has 1 aliphatic carbocycles. The fraction of sp³-hybridized carbons (Fsp3) is 0.493. The van der Waals surface area contributed by atoms with Gasteiger partial charge in [0.2, 0.25) is 17.8 Å². The maximum atomic E-state index is 14.3. The monoisotopic (exact) mass is 1340 g/mol. The molecule has 0 radical (unpaired) electrons. The smallest absolute Gasteiger partial charge is 0.332 e. The van der Waals surface area contributed by atoms with E-state index in [0.29, 0.717) is 166 Å². The van der Waals surface area contributed by atoms with Gasteiger partial charge in [-0.25, -0.2) is 14.8 Å². The lowest BCUT2D eigenvalue weighted by Crippen LogP contribution is -2.48. The van der Waals surface area contributed by atoms with Gasteiger partial charge in [0.15, 0.2) is 16.2 Å². The van der Waals surface area contributed by atoms with Crippen molar-refractivity contribution in [3.63, 3.8) is 0 Å². The van der Waals surface area contributed by atoms with Crippen LogP contribution in [0.15, 0.2) is 70.1 Å². The molecule has 2 aliphatic heterocycles. The highest BCUT2D eigenvalue weighted by atomic mass is 35.5. The Morgan fingerprint density at radius 1 is 0.828 bits per heavy atom. The van der Waals surface area contributed by atoms with Crippen LogP contribution in [0.25, 0.3) is 23.3 Å². The van der Waals surface area contributed by atoms with Crippen LogP contribution in [0.4, 0.5) is 17.3 Å². The zero-order valence-corrected chi connectivity index (χ0v) is 56.0. The van der Waals surface area contributed by atoms with Gasteiger partial charge in [-0.1, -0.05) is 60.0 Å². The minimum Gasteiger partial charge on any atom is -0.444 e. The number of carbonyl (C=O) groups excluding carboxylic acids is 3. The second-order valence-electron chi connectivity index (χ2n) is 22.6. The van der Waals surface area contributed by atoms with Gasteiger partial charge in [0, 0.05) is 94.1 Å². The summed E-state index contributed by atoms with van der Waals surface area (Å²) in [5.41, 5.74) is 4.65. The molecule has 0 spiro atoms. The number of imidazole rings is 1. The van der Waals surface area contributed by atoms with Crippen molar-refractivity contribution < 1.29 is 47.5 Å². The van der Waals surface area contributed by atoms with Crippen molar-refractivity contribution in [3.8, 4) is 22.7 Å². The molecule has 1 saturated heterocycles. The minimum atomic E-state index is -0.551. The predicted molar refractivity (Wildman–Crippen MR) is 362 cm³/mol. The third-order valence-electron chi connectivity index (χ3n) is 16.1. The maximum absolute atomic E-state index is 14.3. The Morgan fingerprint density at radius 3 is 2.17 bits per heavy atom. The van der Waals surface area contributed by atoms with Gasteiger partial charge in [-0.05, 0) is 94.2 Å². The van der Waals surface area contributed by atoms with E-state index in [0.717, 1.165) is 40.9 Å². The van der Waals surface area contributed by atoms with E-state index < -0.39 is 11.2 Å². The summed E-state index contributed by atoms with van der Waals surface area (Å²) >= 11 is 14.7. The van der Waals surface area contributed by atoms with E-state index in [9.17, 15) is 24.0 Å². The van der Waals surface area contributed by atoms with Crippen LogP contribution >= 0.6 is 34.5 Å². The highest BCUT2D eigenvalue weighted by Gasteiger charge is 2.37. The zero-order chi connectivity index (χ0) is 65.8. The van der Waals surface area contributed by atoms with E-state index >= 15 is 0 Å². The number of ether oxygens (including phenoxy) is 7. The molecule has 2 aromatic carbocycles. The largest absolute Gasteiger partial charge is 0.444 e. The number of hydrogen-bond acceptors (Lipinski definition) is 18. The summed E-state index contributed by atoms with van der Waals surface area (Å²) in [5.74, 6) is 6.76. The second kappa shape index (κ2) is 34.6. The number of anilines is 3. The SMILES string of the molecule is C=Cc1nc(Cn2c(=O)c3c(nc(N4CCC[C@H](NC(=O)CCOCCOCCOCCOCCOCCOCCN(C)C(=O)CCc5cc(Cl)c(Oc6sccc6C(=O)N6CCN(C7CC7)c7ccccc76)cc5Cl)C4)n3CC#CC)n(C)c2=O)nc(C)c1/C=C\C. The van der Waals surface area contributed by atoms with Gasteiger partial charge < -0.3 is 58.1 Å². The van der Waals surface area contributed by atoms with Gasteiger partial charge in [0.05, 0.1) is 120 Å². The number of amides is 3. The molecule has 0 bridgehead atoms. The number of hydrogen-bond donors (Lipinski definition) is 1. The lowest BCUT2D eigenvalue weighted by molar-refractivity contribution is -0.130. The number of para-hydroxylation sites is 2.